The number of carbonyl (C=O) groups excluding carboxylic acids is 1. The first-order valence-electron chi connectivity index (χ1n) is 13.2. The molecule has 0 bridgehead atoms. The second-order valence-electron chi connectivity index (χ2n) is 10.3. The van der Waals surface area contributed by atoms with Crippen LogP contribution in [0.4, 0.5) is 5.82 Å². The Kier molecular flexibility index (Phi) is 6.67. The van der Waals surface area contributed by atoms with Crippen LogP contribution in [0.1, 0.15) is 40.9 Å². The molecule has 194 valence electrons. The summed E-state index contributed by atoms with van der Waals surface area (Å²) >= 11 is 0. The topological polar surface area (TPSA) is 93.0 Å². The van der Waals surface area contributed by atoms with E-state index in [4.69, 9.17) is 19.4 Å². The first kappa shape index (κ1) is 24.1. The fourth-order valence-electron chi connectivity index (χ4n) is 5.00. The van der Waals surface area contributed by atoms with Crippen molar-refractivity contribution in [2.24, 2.45) is 0 Å². The maximum absolute atomic E-state index is 12.6. The molecule has 4 heterocycles. The van der Waals surface area contributed by atoms with Crippen LogP contribution < -0.4 is 10.6 Å². The number of aryl methyl sites for hydroxylation is 1. The molecule has 37 heavy (non-hydrogen) atoms. The Hall–Kier alpha value is -3.27. The summed E-state index contributed by atoms with van der Waals surface area (Å²) in [6.07, 6.45) is 9.12. The molecule has 6 rings (SSSR count). The number of hydrogen-bond acceptors (Lipinski definition) is 7. The van der Waals surface area contributed by atoms with E-state index in [2.05, 4.69) is 45.3 Å². The Labute approximate surface area is 216 Å². The third-order valence-electron chi connectivity index (χ3n) is 7.30. The second kappa shape index (κ2) is 10.2. The van der Waals surface area contributed by atoms with E-state index in [0.29, 0.717) is 25.8 Å². The standard InChI is InChI=1S/C28H34N6O3/c1-18-13-20(3-6-23(18)28(35)31-21-4-5-21)25-15-30-27-26(29-14-22-16-33(2)9-12-37-22)32-24(17-34(25)27)19-7-10-36-11-8-19/h3,6-7,13,15,17,21-22H,4-5,8-12,14,16H2,1-2H3,(H,29,32)(H,31,35). The van der Waals surface area contributed by atoms with Crippen LogP contribution >= 0.6 is 0 Å². The minimum absolute atomic E-state index is 0.00435. The fraction of sp³-hybridized carbons (Fsp3) is 0.464. The van der Waals surface area contributed by atoms with E-state index in [0.717, 1.165) is 78.5 Å². The van der Waals surface area contributed by atoms with Crippen molar-refractivity contribution >= 4 is 22.9 Å². The number of ether oxygens (including phenoxy) is 2. The van der Waals surface area contributed by atoms with Crippen LogP contribution in [0.15, 0.2) is 36.7 Å². The minimum Gasteiger partial charge on any atom is -0.377 e. The quantitative estimate of drug-likeness (QED) is 0.513. The van der Waals surface area contributed by atoms with Crippen molar-refractivity contribution in [3.8, 4) is 11.3 Å². The lowest BCUT2D eigenvalue weighted by Crippen LogP contribution is -2.43. The molecule has 1 aliphatic carbocycles. The Morgan fingerprint density at radius 2 is 2.14 bits per heavy atom. The van der Waals surface area contributed by atoms with Gasteiger partial charge in [-0.1, -0.05) is 12.1 Å². The lowest BCUT2D eigenvalue weighted by molar-refractivity contribution is -0.0117. The Balaban J connectivity index is 1.34. The zero-order valence-electron chi connectivity index (χ0n) is 21.5. The van der Waals surface area contributed by atoms with Gasteiger partial charge in [-0.25, -0.2) is 9.97 Å². The first-order valence-corrected chi connectivity index (χ1v) is 13.2. The van der Waals surface area contributed by atoms with E-state index < -0.39 is 0 Å². The smallest absolute Gasteiger partial charge is 0.251 e. The highest BCUT2D eigenvalue weighted by molar-refractivity contribution is 5.96. The predicted octanol–water partition coefficient (Wildman–Crippen LogP) is 3.14. The zero-order valence-corrected chi connectivity index (χ0v) is 21.5. The first-order chi connectivity index (χ1) is 18.0. The molecular weight excluding hydrogens is 468 g/mol. The van der Waals surface area contributed by atoms with Crippen molar-refractivity contribution in [3.63, 3.8) is 0 Å². The Bertz CT molecular complexity index is 1350. The summed E-state index contributed by atoms with van der Waals surface area (Å²) in [5.74, 6) is 0.745. The van der Waals surface area contributed by atoms with Gasteiger partial charge in [0.1, 0.15) is 0 Å². The van der Waals surface area contributed by atoms with Crippen LogP contribution in [0.25, 0.3) is 22.5 Å². The van der Waals surface area contributed by atoms with Crippen molar-refractivity contribution in [1.29, 1.82) is 0 Å². The lowest BCUT2D eigenvalue weighted by atomic mass is 10.0. The average molecular weight is 503 g/mol. The molecular formula is C28H34N6O3. The molecule has 1 unspecified atom stereocenters. The molecule has 1 saturated carbocycles. The average Bonchev–Trinajstić information content (AvgIpc) is 3.62. The summed E-state index contributed by atoms with van der Waals surface area (Å²) in [6, 6.07) is 6.32. The molecule has 2 aliphatic heterocycles. The third kappa shape index (κ3) is 5.25. The van der Waals surface area contributed by atoms with Crippen LogP contribution in [-0.2, 0) is 9.47 Å². The Morgan fingerprint density at radius 1 is 1.24 bits per heavy atom. The van der Waals surface area contributed by atoms with E-state index >= 15 is 0 Å². The van der Waals surface area contributed by atoms with Gasteiger partial charge in [-0.15, -0.1) is 0 Å². The predicted molar refractivity (Wildman–Crippen MR) is 143 cm³/mol. The van der Waals surface area contributed by atoms with Crippen LogP contribution in [0.3, 0.4) is 0 Å². The van der Waals surface area contributed by atoms with Gasteiger partial charge in [-0.05, 0) is 56.5 Å². The van der Waals surface area contributed by atoms with Crippen LogP contribution in [-0.4, -0.2) is 83.8 Å². The molecule has 0 spiro atoms. The number of aromatic nitrogens is 3. The largest absolute Gasteiger partial charge is 0.377 e. The number of rotatable bonds is 7. The lowest BCUT2D eigenvalue weighted by Gasteiger charge is -2.30. The Morgan fingerprint density at radius 3 is 2.89 bits per heavy atom. The molecule has 1 amide bonds. The highest BCUT2D eigenvalue weighted by Crippen LogP contribution is 2.29. The number of likely N-dealkylation sites (N-methyl/N-ethyl adjacent to an activating group) is 1. The van der Waals surface area contributed by atoms with Gasteiger partial charge in [-0.3, -0.25) is 9.20 Å². The highest BCUT2D eigenvalue weighted by Gasteiger charge is 2.25. The molecule has 0 radical (unpaired) electrons. The van der Waals surface area contributed by atoms with Gasteiger partial charge in [0.05, 0.1) is 43.5 Å². The second-order valence-corrected chi connectivity index (χ2v) is 10.3. The van der Waals surface area contributed by atoms with Crippen molar-refractivity contribution in [2.75, 3.05) is 51.8 Å². The summed E-state index contributed by atoms with van der Waals surface area (Å²) in [6.45, 7) is 6.50. The molecule has 1 aromatic carbocycles. The van der Waals surface area contributed by atoms with Gasteiger partial charge in [0, 0.05) is 43.0 Å². The zero-order chi connectivity index (χ0) is 25.4. The molecule has 9 nitrogen and oxygen atoms in total. The van der Waals surface area contributed by atoms with E-state index in [1.807, 2.05) is 25.3 Å². The number of carbonyl (C=O) groups is 1. The maximum Gasteiger partial charge on any atom is 0.251 e. The normalized spacial score (nSPS) is 20.6. The summed E-state index contributed by atoms with van der Waals surface area (Å²) < 4.78 is 13.6. The maximum atomic E-state index is 12.6. The number of hydrogen-bond donors (Lipinski definition) is 2. The molecule has 1 saturated heterocycles. The van der Waals surface area contributed by atoms with Crippen molar-refractivity contribution < 1.29 is 14.3 Å². The van der Waals surface area contributed by atoms with Gasteiger partial charge in [0.2, 0.25) is 0 Å². The molecule has 9 heteroatoms. The highest BCUT2D eigenvalue weighted by atomic mass is 16.5. The number of imidazole rings is 1. The number of morpholine rings is 1. The van der Waals surface area contributed by atoms with Crippen LogP contribution in [0.2, 0.25) is 0 Å². The van der Waals surface area contributed by atoms with E-state index in [1.54, 1.807) is 0 Å². The minimum atomic E-state index is 0.00435. The molecule has 2 fully saturated rings. The van der Waals surface area contributed by atoms with Crippen molar-refractivity contribution in [1.82, 2.24) is 24.6 Å². The number of benzene rings is 1. The fourth-order valence-corrected chi connectivity index (χ4v) is 5.00. The van der Waals surface area contributed by atoms with Crippen LogP contribution in [0.5, 0.6) is 0 Å². The summed E-state index contributed by atoms with van der Waals surface area (Å²) in [4.78, 5) is 24.7. The SMILES string of the molecule is Cc1cc(-c2cnc3c(NCC4CN(C)CCO4)nc(C4=CCOCC4)cn23)ccc1C(=O)NC1CC1. The third-order valence-corrected chi connectivity index (χ3v) is 7.30. The molecule has 1 atom stereocenters. The van der Waals surface area contributed by atoms with Gasteiger partial charge < -0.3 is 25.0 Å². The monoisotopic (exact) mass is 502 g/mol. The summed E-state index contributed by atoms with van der Waals surface area (Å²) in [5, 5.41) is 6.61. The summed E-state index contributed by atoms with van der Waals surface area (Å²) in [5.41, 5.74) is 6.49. The number of fused-ring (bicyclic) bond motifs is 1. The number of nitrogens with one attached hydrogen (secondary N) is 2. The van der Waals surface area contributed by atoms with E-state index in [1.165, 1.54) is 5.57 Å². The summed E-state index contributed by atoms with van der Waals surface area (Å²) in [7, 11) is 2.12. The number of nitrogens with zero attached hydrogens (tertiary/aromatic N) is 4. The number of anilines is 1. The van der Waals surface area contributed by atoms with Gasteiger partial charge in [0.25, 0.3) is 5.91 Å². The van der Waals surface area contributed by atoms with E-state index in [-0.39, 0.29) is 12.0 Å². The molecule has 3 aliphatic rings. The van der Waals surface area contributed by atoms with Gasteiger partial charge in [-0.2, -0.15) is 0 Å². The molecule has 3 aromatic rings. The van der Waals surface area contributed by atoms with Crippen LogP contribution in [0, 0.1) is 6.92 Å². The van der Waals surface area contributed by atoms with Crippen molar-refractivity contribution in [3.05, 3.63) is 53.5 Å². The van der Waals surface area contributed by atoms with Crippen molar-refractivity contribution in [2.45, 2.75) is 38.3 Å². The molecule has 2 N–H and O–H groups in total. The van der Waals surface area contributed by atoms with E-state index in [9.17, 15) is 4.79 Å². The number of amides is 1. The van der Waals surface area contributed by atoms with Gasteiger partial charge in [0.15, 0.2) is 11.5 Å². The molecule has 2 aromatic heterocycles. The van der Waals surface area contributed by atoms with Gasteiger partial charge >= 0.3 is 0 Å².